The number of hydrogen-bond donors (Lipinski definition) is 0. The van der Waals surface area contributed by atoms with Crippen LogP contribution in [0.15, 0.2) is 103 Å². The largest absolute Gasteiger partial charge is 0.416 e. The number of fused-ring (bicyclic) bond motifs is 6. The summed E-state index contributed by atoms with van der Waals surface area (Å²) in [4.78, 5) is 3.92. The molecule has 8 aromatic rings. The Balaban J connectivity index is 1.57. The van der Waals surface area contributed by atoms with Crippen LogP contribution in [-0.2, 0) is 6.18 Å². The average Bonchev–Trinajstić information content (AvgIpc) is 3.57. The maximum atomic E-state index is 13.7. The minimum Gasteiger partial charge on any atom is -0.308 e. The molecule has 0 aliphatic carbocycles. The van der Waals surface area contributed by atoms with E-state index < -0.39 is 11.7 Å². The van der Waals surface area contributed by atoms with Gasteiger partial charge in [-0.15, -0.1) is 0 Å². The summed E-state index contributed by atoms with van der Waals surface area (Å²) in [6.45, 7) is 16.6. The average molecular weight is 659 g/mol. The SMILES string of the molecule is [C-]#[N+]c1cc(-n2c3ccc(C)cc3c3cc(C)ccc32)c(-n2c3ccc(C)cc3c3cc(C)ccc32)cc1-c1ccc(C(F)(F)F)cc1C#N. The maximum Gasteiger partial charge on any atom is 0.416 e. The number of halogens is 3. The summed E-state index contributed by atoms with van der Waals surface area (Å²) in [5, 5.41) is 14.4. The summed E-state index contributed by atoms with van der Waals surface area (Å²) in [5.41, 5.74) is 9.53. The molecule has 0 aliphatic heterocycles. The lowest BCUT2D eigenvalue weighted by Crippen LogP contribution is -2.06. The number of aryl methyl sites for hydroxylation is 4. The summed E-state index contributed by atoms with van der Waals surface area (Å²) < 4.78 is 45.6. The highest BCUT2D eigenvalue weighted by atomic mass is 19.4. The molecule has 0 unspecified atom stereocenters. The van der Waals surface area contributed by atoms with Crippen LogP contribution in [0.25, 0.3) is 71.0 Å². The number of nitriles is 1. The number of hydrogen-bond acceptors (Lipinski definition) is 1. The number of nitrogens with zero attached hydrogens (tertiary/aromatic N) is 4. The van der Waals surface area contributed by atoms with Crippen LogP contribution < -0.4 is 0 Å². The molecule has 0 saturated heterocycles. The van der Waals surface area contributed by atoms with Crippen molar-refractivity contribution < 1.29 is 13.2 Å². The van der Waals surface area contributed by atoms with E-state index in [-0.39, 0.29) is 16.8 Å². The van der Waals surface area contributed by atoms with Gasteiger partial charge in [-0.05, 0) is 112 Å². The predicted molar refractivity (Wildman–Crippen MR) is 195 cm³/mol. The number of benzene rings is 6. The summed E-state index contributed by atoms with van der Waals surface area (Å²) >= 11 is 0. The van der Waals surface area contributed by atoms with Crippen molar-refractivity contribution in [3.8, 4) is 28.6 Å². The predicted octanol–water partition coefficient (Wildman–Crippen LogP) is 12.2. The fourth-order valence-electron chi connectivity index (χ4n) is 7.30. The van der Waals surface area contributed by atoms with Crippen LogP contribution in [0.2, 0.25) is 0 Å². The van der Waals surface area contributed by atoms with Crippen molar-refractivity contribution in [2.75, 3.05) is 0 Å². The zero-order valence-electron chi connectivity index (χ0n) is 27.7. The van der Waals surface area contributed by atoms with Gasteiger partial charge in [0.2, 0.25) is 0 Å². The van der Waals surface area contributed by atoms with E-state index in [2.05, 4.69) is 114 Å². The summed E-state index contributed by atoms with van der Waals surface area (Å²) in [6, 6.07) is 34.1. The quantitative estimate of drug-likeness (QED) is 0.174. The second kappa shape index (κ2) is 11.1. The molecule has 0 amide bonds. The zero-order chi connectivity index (χ0) is 35.1. The zero-order valence-corrected chi connectivity index (χ0v) is 27.7. The molecule has 0 saturated carbocycles. The summed E-state index contributed by atoms with van der Waals surface area (Å²) in [7, 11) is 0. The molecule has 2 aromatic heterocycles. The first-order valence-corrected chi connectivity index (χ1v) is 16.2. The van der Waals surface area contributed by atoms with Gasteiger partial charge in [0.05, 0.1) is 57.2 Å². The fourth-order valence-corrected chi connectivity index (χ4v) is 7.30. The van der Waals surface area contributed by atoms with E-state index in [0.717, 1.165) is 89.4 Å². The van der Waals surface area contributed by atoms with Crippen molar-refractivity contribution in [1.82, 2.24) is 9.13 Å². The molecule has 0 spiro atoms. The molecular weight excluding hydrogens is 629 g/mol. The molecule has 0 aliphatic rings. The first kappa shape index (κ1) is 31.0. The number of aromatic nitrogens is 2. The van der Waals surface area contributed by atoms with Gasteiger partial charge >= 0.3 is 6.18 Å². The second-order valence-electron chi connectivity index (χ2n) is 13.1. The van der Waals surface area contributed by atoms with Crippen LogP contribution in [0, 0.1) is 45.6 Å². The van der Waals surface area contributed by atoms with E-state index in [4.69, 9.17) is 6.57 Å². The molecule has 7 heteroatoms. The van der Waals surface area contributed by atoms with Crippen molar-refractivity contribution in [2.45, 2.75) is 33.9 Å². The molecule has 8 rings (SSSR count). The van der Waals surface area contributed by atoms with Crippen LogP contribution >= 0.6 is 0 Å². The smallest absolute Gasteiger partial charge is 0.308 e. The molecular formula is C43H29F3N4. The van der Waals surface area contributed by atoms with E-state index in [1.165, 1.54) is 6.07 Å². The van der Waals surface area contributed by atoms with Crippen LogP contribution in [0.3, 0.4) is 0 Å². The highest BCUT2D eigenvalue weighted by molar-refractivity contribution is 6.12. The highest BCUT2D eigenvalue weighted by Crippen LogP contribution is 2.45. The van der Waals surface area contributed by atoms with Gasteiger partial charge in [-0.1, -0.05) is 52.6 Å². The molecule has 0 radical (unpaired) electrons. The van der Waals surface area contributed by atoms with E-state index >= 15 is 0 Å². The van der Waals surface area contributed by atoms with Gasteiger partial charge in [-0.25, -0.2) is 4.85 Å². The summed E-state index contributed by atoms with van der Waals surface area (Å²) in [6.07, 6.45) is -4.62. The van der Waals surface area contributed by atoms with E-state index in [1.807, 2.05) is 18.2 Å². The molecule has 6 aromatic carbocycles. The Morgan fingerprint density at radius 3 is 1.36 bits per heavy atom. The molecule has 4 nitrogen and oxygen atoms in total. The third-order valence-corrected chi connectivity index (χ3v) is 9.60. The third kappa shape index (κ3) is 4.74. The minimum atomic E-state index is -4.62. The summed E-state index contributed by atoms with van der Waals surface area (Å²) in [5.74, 6) is 0. The Morgan fingerprint density at radius 1 is 0.560 bits per heavy atom. The third-order valence-electron chi connectivity index (χ3n) is 9.60. The maximum absolute atomic E-state index is 13.7. The number of rotatable bonds is 3. The first-order chi connectivity index (χ1) is 24.0. The second-order valence-corrected chi connectivity index (χ2v) is 13.1. The van der Waals surface area contributed by atoms with Crippen molar-refractivity contribution >= 4 is 49.3 Å². The van der Waals surface area contributed by atoms with Gasteiger partial charge in [-0.2, -0.15) is 18.4 Å². The lowest BCUT2D eigenvalue weighted by Gasteiger charge is -2.20. The Bertz CT molecular complexity index is 2700. The monoisotopic (exact) mass is 658 g/mol. The Hall–Kier alpha value is -6.31. The Kier molecular flexibility index (Phi) is 6.89. The molecule has 0 atom stereocenters. The topological polar surface area (TPSA) is 38.0 Å². The van der Waals surface area contributed by atoms with Gasteiger partial charge in [0.1, 0.15) is 0 Å². The van der Waals surface area contributed by atoms with Crippen molar-refractivity contribution in [3.05, 3.63) is 148 Å². The van der Waals surface area contributed by atoms with E-state index in [1.54, 1.807) is 0 Å². The molecule has 50 heavy (non-hydrogen) atoms. The number of alkyl halides is 3. The lowest BCUT2D eigenvalue weighted by molar-refractivity contribution is -0.137. The molecule has 2 heterocycles. The van der Waals surface area contributed by atoms with Gasteiger partial charge in [0.15, 0.2) is 5.69 Å². The normalized spacial score (nSPS) is 11.9. The van der Waals surface area contributed by atoms with Crippen LogP contribution in [0.5, 0.6) is 0 Å². The van der Waals surface area contributed by atoms with Crippen molar-refractivity contribution in [2.24, 2.45) is 0 Å². The Labute approximate surface area is 286 Å². The molecule has 0 fully saturated rings. The first-order valence-electron chi connectivity index (χ1n) is 16.2. The van der Waals surface area contributed by atoms with E-state index in [0.29, 0.717) is 5.56 Å². The van der Waals surface area contributed by atoms with Gasteiger partial charge in [-0.3, -0.25) is 0 Å². The lowest BCUT2D eigenvalue weighted by atomic mass is 9.95. The van der Waals surface area contributed by atoms with Crippen LogP contribution in [0.1, 0.15) is 33.4 Å². The minimum absolute atomic E-state index is 0.153. The Morgan fingerprint density at radius 2 is 0.980 bits per heavy atom. The van der Waals surface area contributed by atoms with Gasteiger partial charge in [0, 0.05) is 21.5 Å². The fraction of sp³-hybridized carbons (Fsp3) is 0.116. The van der Waals surface area contributed by atoms with Crippen LogP contribution in [-0.4, -0.2) is 9.13 Å². The van der Waals surface area contributed by atoms with Gasteiger partial charge in [0.25, 0.3) is 0 Å². The highest BCUT2D eigenvalue weighted by Gasteiger charge is 2.32. The van der Waals surface area contributed by atoms with E-state index in [9.17, 15) is 18.4 Å². The van der Waals surface area contributed by atoms with Crippen molar-refractivity contribution in [3.63, 3.8) is 0 Å². The van der Waals surface area contributed by atoms with Crippen molar-refractivity contribution in [1.29, 1.82) is 5.26 Å². The van der Waals surface area contributed by atoms with Crippen LogP contribution in [0.4, 0.5) is 18.9 Å². The van der Waals surface area contributed by atoms with Gasteiger partial charge < -0.3 is 9.13 Å². The molecule has 0 bridgehead atoms. The molecule has 242 valence electrons. The standard InChI is InChI=1S/C43H29F3N4/c1-24-6-12-37-32(16-24)33-17-25(2)7-13-38(33)49(37)41-21-31(30-11-10-29(43(44,45)46)20-28(30)23-47)36(48-5)22-42(41)50-39-14-8-26(3)18-34(39)35-19-27(4)9-15-40(35)50/h6-22H,1-4H3. The molecule has 0 N–H and O–H groups in total.